The van der Waals surface area contributed by atoms with Crippen LogP contribution in [-0.4, -0.2) is 19.4 Å². The van der Waals surface area contributed by atoms with E-state index in [2.05, 4.69) is 15.9 Å². The Balaban J connectivity index is 2.62. The van der Waals surface area contributed by atoms with E-state index in [9.17, 15) is 17.6 Å². The zero-order chi connectivity index (χ0) is 14.3. The number of hydrogen-bond donors (Lipinski definition) is 0. The molecule has 2 nitrogen and oxygen atoms in total. The van der Waals surface area contributed by atoms with Crippen molar-refractivity contribution in [1.82, 2.24) is 0 Å². The van der Waals surface area contributed by atoms with Gasteiger partial charge in [0.2, 0.25) is 0 Å². The Morgan fingerprint density at radius 1 is 1.21 bits per heavy atom. The molecule has 1 aromatic carbocycles. The van der Waals surface area contributed by atoms with E-state index < -0.39 is 23.3 Å². The van der Waals surface area contributed by atoms with E-state index in [1.807, 2.05) is 0 Å². The Labute approximate surface area is 115 Å². The fraction of sp³-hybridized carbons (Fsp3) is 0.500. The fourth-order valence-electron chi connectivity index (χ4n) is 1.97. The van der Waals surface area contributed by atoms with Gasteiger partial charge in [-0.1, -0.05) is 15.9 Å². The van der Waals surface area contributed by atoms with E-state index in [0.717, 1.165) is 6.07 Å². The number of benzene rings is 1. The van der Waals surface area contributed by atoms with Crippen LogP contribution < -0.4 is 0 Å². The van der Waals surface area contributed by atoms with Crippen LogP contribution in [0.4, 0.5) is 17.6 Å². The van der Waals surface area contributed by atoms with Gasteiger partial charge in [-0.25, -0.2) is 4.39 Å². The molecule has 1 saturated heterocycles. The maximum absolute atomic E-state index is 14.1. The molecule has 0 bridgehead atoms. The Bertz CT molecular complexity index is 481. The van der Waals surface area contributed by atoms with Crippen molar-refractivity contribution in [2.24, 2.45) is 0 Å². The van der Waals surface area contributed by atoms with Gasteiger partial charge in [-0.15, -0.1) is 0 Å². The molecule has 7 heteroatoms. The van der Waals surface area contributed by atoms with Crippen LogP contribution >= 0.6 is 15.9 Å². The molecule has 19 heavy (non-hydrogen) atoms. The van der Waals surface area contributed by atoms with Gasteiger partial charge in [0.15, 0.2) is 0 Å². The van der Waals surface area contributed by atoms with Crippen LogP contribution in [0.1, 0.15) is 17.5 Å². The summed E-state index contributed by atoms with van der Waals surface area (Å²) in [5, 5.41) is 0. The second-order valence-corrected chi connectivity index (χ2v) is 5.16. The molecule has 0 aromatic heterocycles. The standard InChI is InChI=1S/C12H11BrF4O2/c1-7-5-8(13)6-9(10(7)14)11(12(15,16)17)18-3-2-4-19-11/h5-6H,2-4H2,1H3. The van der Waals surface area contributed by atoms with Crippen molar-refractivity contribution in [2.45, 2.75) is 25.3 Å². The molecule has 0 aliphatic carbocycles. The van der Waals surface area contributed by atoms with Crippen molar-refractivity contribution in [3.63, 3.8) is 0 Å². The predicted octanol–water partition coefficient (Wildman–Crippen LogP) is 4.05. The summed E-state index contributed by atoms with van der Waals surface area (Å²) >= 11 is 3.06. The first-order valence-electron chi connectivity index (χ1n) is 5.59. The van der Waals surface area contributed by atoms with Gasteiger partial charge < -0.3 is 9.47 Å². The fourth-order valence-corrected chi connectivity index (χ4v) is 2.54. The number of halogens is 5. The second-order valence-electron chi connectivity index (χ2n) is 4.25. The topological polar surface area (TPSA) is 18.5 Å². The molecule has 0 spiro atoms. The van der Waals surface area contributed by atoms with Crippen LogP contribution in [0.15, 0.2) is 16.6 Å². The molecule has 2 rings (SSSR count). The Kier molecular flexibility index (Phi) is 3.90. The molecule has 1 aromatic rings. The van der Waals surface area contributed by atoms with Crippen molar-refractivity contribution in [3.05, 3.63) is 33.5 Å². The monoisotopic (exact) mass is 342 g/mol. The summed E-state index contributed by atoms with van der Waals surface area (Å²) in [7, 11) is 0. The summed E-state index contributed by atoms with van der Waals surface area (Å²) in [6.45, 7) is 1.12. The smallest absolute Gasteiger partial charge is 0.339 e. The number of rotatable bonds is 1. The van der Waals surface area contributed by atoms with Gasteiger partial charge in [0.1, 0.15) is 5.82 Å². The molecule has 0 radical (unpaired) electrons. The summed E-state index contributed by atoms with van der Waals surface area (Å²) < 4.78 is 63.9. The number of hydrogen-bond acceptors (Lipinski definition) is 2. The quantitative estimate of drug-likeness (QED) is 0.717. The maximum Gasteiger partial charge on any atom is 0.448 e. The van der Waals surface area contributed by atoms with Gasteiger partial charge in [-0.05, 0) is 31.0 Å². The molecule has 1 aliphatic rings. The first-order chi connectivity index (χ1) is 8.78. The van der Waals surface area contributed by atoms with E-state index in [4.69, 9.17) is 9.47 Å². The Morgan fingerprint density at radius 2 is 1.79 bits per heavy atom. The number of ether oxygens (including phenoxy) is 2. The molecule has 1 fully saturated rings. The summed E-state index contributed by atoms with van der Waals surface area (Å²) in [4.78, 5) is 0. The summed E-state index contributed by atoms with van der Waals surface area (Å²) in [5.41, 5.74) is -0.558. The minimum atomic E-state index is -4.86. The van der Waals surface area contributed by atoms with Crippen molar-refractivity contribution >= 4 is 15.9 Å². The lowest BCUT2D eigenvalue weighted by Gasteiger charge is -2.38. The van der Waals surface area contributed by atoms with Crippen molar-refractivity contribution in [2.75, 3.05) is 13.2 Å². The van der Waals surface area contributed by atoms with Crippen LogP contribution in [0.25, 0.3) is 0 Å². The molecule has 1 heterocycles. The zero-order valence-corrected chi connectivity index (χ0v) is 11.6. The highest BCUT2D eigenvalue weighted by atomic mass is 79.9. The summed E-state index contributed by atoms with van der Waals surface area (Å²) in [6.07, 6.45) is -4.52. The van der Waals surface area contributed by atoms with Gasteiger partial charge in [0.05, 0.1) is 18.8 Å². The second kappa shape index (κ2) is 5.03. The average molecular weight is 343 g/mol. The molecular weight excluding hydrogens is 332 g/mol. The van der Waals surface area contributed by atoms with E-state index in [1.54, 1.807) is 0 Å². The number of alkyl halides is 3. The van der Waals surface area contributed by atoms with Gasteiger partial charge in [-0.2, -0.15) is 13.2 Å². The molecule has 0 saturated carbocycles. The first-order valence-corrected chi connectivity index (χ1v) is 6.38. The number of aryl methyl sites for hydroxylation is 1. The summed E-state index contributed by atoms with van der Waals surface area (Å²) in [6, 6.07) is 2.44. The molecule has 0 amide bonds. The van der Waals surface area contributed by atoms with Gasteiger partial charge in [0, 0.05) is 4.47 Å². The molecule has 0 unspecified atom stereocenters. The van der Waals surface area contributed by atoms with E-state index in [0.29, 0.717) is 10.9 Å². The van der Waals surface area contributed by atoms with Crippen LogP contribution in [-0.2, 0) is 15.3 Å². The summed E-state index contributed by atoms with van der Waals surface area (Å²) in [5.74, 6) is -3.99. The average Bonchev–Trinajstić information content (AvgIpc) is 2.33. The van der Waals surface area contributed by atoms with Gasteiger partial charge >= 0.3 is 6.18 Å². The molecule has 0 atom stereocenters. The Morgan fingerprint density at radius 3 is 2.32 bits per heavy atom. The third-order valence-electron chi connectivity index (χ3n) is 2.85. The van der Waals surface area contributed by atoms with Crippen LogP contribution in [0.5, 0.6) is 0 Å². The predicted molar refractivity (Wildman–Crippen MR) is 63.1 cm³/mol. The largest absolute Gasteiger partial charge is 0.448 e. The lowest BCUT2D eigenvalue weighted by Crippen LogP contribution is -2.50. The highest BCUT2D eigenvalue weighted by molar-refractivity contribution is 9.10. The van der Waals surface area contributed by atoms with Gasteiger partial charge in [-0.3, -0.25) is 0 Å². The van der Waals surface area contributed by atoms with Crippen LogP contribution in [0.3, 0.4) is 0 Å². The molecule has 0 N–H and O–H groups in total. The van der Waals surface area contributed by atoms with Crippen LogP contribution in [0.2, 0.25) is 0 Å². The normalized spacial score (nSPS) is 19.5. The molecule has 106 valence electrons. The van der Waals surface area contributed by atoms with E-state index >= 15 is 0 Å². The van der Waals surface area contributed by atoms with Crippen molar-refractivity contribution < 1.29 is 27.0 Å². The highest BCUT2D eigenvalue weighted by Gasteiger charge is 2.61. The SMILES string of the molecule is Cc1cc(Br)cc(C2(C(F)(F)F)OCCCO2)c1F. The molecule has 1 aliphatic heterocycles. The minimum absolute atomic E-state index is 0.0887. The lowest BCUT2D eigenvalue weighted by atomic mass is 10.0. The lowest BCUT2D eigenvalue weighted by molar-refractivity contribution is -0.407. The maximum atomic E-state index is 14.1. The van der Waals surface area contributed by atoms with Gasteiger partial charge in [0.25, 0.3) is 5.79 Å². The first kappa shape index (κ1) is 14.7. The van der Waals surface area contributed by atoms with Crippen molar-refractivity contribution in [3.8, 4) is 0 Å². The Hall–Kier alpha value is -0.660. The van der Waals surface area contributed by atoms with E-state index in [-0.39, 0.29) is 18.8 Å². The minimum Gasteiger partial charge on any atom is -0.339 e. The van der Waals surface area contributed by atoms with E-state index in [1.165, 1.54) is 13.0 Å². The zero-order valence-electron chi connectivity index (χ0n) is 9.98. The van der Waals surface area contributed by atoms with Crippen LogP contribution in [0, 0.1) is 12.7 Å². The third kappa shape index (κ3) is 2.51. The van der Waals surface area contributed by atoms with Crippen molar-refractivity contribution in [1.29, 1.82) is 0 Å². The third-order valence-corrected chi connectivity index (χ3v) is 3.30. The highest BCUT2D eigenvalue weighted by Crippen LogP contribution is 2.46. The molecular formula is C12H11BrF4O2.